The zero-order valence-electron chi connectivity index (χ0n) is 12.1. The Bertz CT molecular complexity index is 388. The van der Waals surface area contributed by atoms with E-state index in [0.29, 0.717) is 5.92 Å². The van der Waals surface area contributed by atoms with E-state index in [-0.39, 0.29) is 0 Å². The van der Waals surface area contributed by atoms with Crippen molar-refractivity contribution in [3.05, 3.63) is 35.4 Å². The van der Waals surface area contributed by atoms with Crippen molar-refractivity contribution in [3.63, 3.8) is 0 Å². The van der Waals surface area contributed by atoms with Crippen LogP contribution in [0.3, 0.4) is 0 Å². The summed E-state index contributed by atoms with van der Waals surface area (Å²) in [5, 5.41) is 0. The second kappa shape index (κ2) is 7.47. The van der Waals surface area contributed by atoms with E-state index in [1.165, 1.54) is 56.9 Å². The van der Waals surface area contributed by atoms with Crippen molar-refractivity contribution in [1.29, 1.82) is 0 Å². The van der Waals surface area contributed by atoms with Crippen molar-refractivity contribution in [3.8, 4) is 0 Å². The van der Waals surface area contributed by atoms with Gasteiger partial charge in [-0.05, 0) is 43.1 Å². The predicted octanol–water partition coefficient (Wildman–Crippen LogP) is 5.35. The Balaban J connectivity index is 1.87. The minimum Gasteiger partial charge on any atom is -0.298 e. The summed E-state index contributed by atoms with van der Waals surface area (Å²) in [6.45, 7) is 2.27. The molecule has 0 bridgehead atoms. The molecule has 0 radical (unpaired) electrons. The number of hydrogen-bond acceptors (Lipinski definition) is 1. The van der Waals surface area contributed by atoms with E-state index in [9.17, 15) is 4.79 Å². The molecule has 0 aromatic heterocycles. The van der Waals surface area contributed by atoms with Gasteiger partial charge in [-0.3, -0.25) is 4.79 Å². The molecule has 0 aliphatic heterocycles. The molecule has 1 aliphatic rings. The largest absolute Gasteiger partial charge is 0.298 e. The highest BCUT2D eigenvalue weighted by Gasteiger charge is 2.23. The van der Waals surface area contributed by atoms with Gasteiger partial charge in [-0.2, -0.15) is 0 Å². The van der Waals surface area contributed by atoms with Crippen molar-refractivity contribution in [2.45, 2.75) is 64.2 Å². The standard InChI is InChI=1S/C18H26O/c1-2-3-4-7-15-10-12-16(13-11-15)18-9-6-5-8-17(18)14-19/h5-6,8-9,14-16H,2-4,7,10-13H2,1H3/t15-,16-. The first-order valence-corrected chi connectivity index (χ1v) is 7.89. The predicted molar refractivity (Wildman–Crippen MR) is 80.7 cm³/mol. The highest BCUT2D eigenvalue weighted by atomic mass is 16.1. The van der Waals surface area contributed by atoms with Gasteiger partial charge in [-0.25, -0.2) is 0 Å². The van der Waals surface area contributed by atoms with Crippen LogP contribution in [0.5, 0.6) is 0 Å². The van der Waals surface area contributed by atoms with Crippen LogP contribution in [-0.4, -0.2) is 6.29 Å². The van der Waals surface area contributed by atoms with E-state index < -0.39 is 0 Å². The van der Waals surface area contributed by atoms with Gasteiger partial charge >= 0.3 is 0 Å². The molecule has 0 N–H and O–H groups in total. The van der Waals surface area contributed by atoms with Crippen molar-refractivity contribution in [2.75, 3.05) is 0 Å². The molecule has 1 heteroatoms. The number of benzene rings is 1. The molecule has 2 rings (SSSR count). The SMILES string of the molecule is CCCCC[C@H]1CC[C@H](c2ccccc2C=O)CC1. The second-order valence-corrected chi connectivity index (χ2v) is 5.96. The number of carbonyl (C=O) groups is 1. The molecule has 1 fully saturated rings. The molecule has 0 unspecified atom stereocenters. The van der Waals surface area contributed by atoms with Crippen molar-refractivity contribution in [1.82, 2.24) is 0 Å². The Morgan fingerprint density at radius 2 is 1.84 bits per heavy atom. The van der Waals surface area contributed by atoms with Crippen molar-refractivity contribution < 1.29 is 4.79 Å². The van der Waals surface area contributed by atoms with Crippen LogP contribution in [0.1, 0.15) is 80.1 Å². The molecule has 0 amide bonds. The van der Waals surface area contributed by atoms with Gasteiger partial charge < -0.3 is 0 Å². The molecule has 0 atom stereocenters. The van der Waals surface area contributed by atoms with Gasteiger partial charge in [-0.1, -0.05) is 56.9 Å². The monoisotopic (exact) mass is 258 g/mol. The minimum atomic E-state index is 0.615. The van der Waals surface area contributed by atoms with Crippen LogP contribution in [0.4, 0.5) is 0 Å². The van der Waals surface area contributed by atoms with Crippen molar-refractivity contribution >= 4 is 6.29 Å². The first-order chi connectivity index (χ1) is 9.35. The molecular formula is C18H26O. The van der Waals surface area contributed by atoms with Gasteiger partial charge in [0.1, 0.15) is 6.29 Å². The molecular weight excluding hydrogens is 232 g/mol. The molecule has 0 saturated heterocycles. The van der Waals surface area contributed by atoms with Crippen LogP contribution < -0.4 is 0 Å². The highest BCUT2D eigenvalue weighted by Crippen LogP contribution is 2.38. The molecule has 1 aromatic carbocycles. The Morgan fingerprint density at radius 1 is 1.11 bits per heavy atom. The lowest BCUT2D eigenvalue weighted by Gasteiger charge is -2.29. The number of aldehydes is 1. The van der Waals surface area contributed by atoms with Gasteiger partial charge in [0.25, 0.3) is 0 Å². The van der Waals surface area contributed by atoms with E-state index in [4.69, 9.17) is 0 Å². The highest BCUT2D eigenvalue weighted by molar-refractivity contribution is 5.77. The van der Waals surface area contributed by atoms with Crippen LogP contribution in [0.15, 0.2) is 24.3 Å². The third-order valence-electron chi connectivity index (χ3n) is 4.63. The van der Waals surface area contributed by atoms with Crippen LogP contribution in [-0.2, 0) is 0 Å². The summed E-state index contributed by atoms with van der Waals surface area (Å²) in [5.74, 6) is 1.55. The summed E-state index contributed by atoms with van der Waals surface area (Å²) in [7, 11) is 0. The van der Waals surface area contributed by atoms with E-state index >= 15 is 0 Å². The maximum absolute atomic E-state index is 11.1. The number of rotatable bonds is 6. The first kappa shape index (κ1) is 14.3. The third-order valence-corrected chi connectivity index (χ3v) is 4.63. The van der Waals surface area contributed by atoms with Gasteiger partial charge in [0, 0.05) is 5.56 Å². The molecule has 0 spiro atoms. The Labute approximate surface area is 117 Å². The average Bonchev–Trinajstić information content (AvgIpc) is 2.48. The number of unbranched alkanes of at least 4 members (excludes halogenated alkanes) is 2. The molecule has 19 heavy (non-hydrogen) atoms. The first-order valence-electron chi connectivity index (χ1n) is 7.89. The number of carbonyl (C=O) groups excluding carboxylic acids is 1. The van der Waals surface area contributed by atoms with Gasteiger partial charge in [0.15, 0.2) is 0 Å². The number of hydrogen-bond donors (Lipinski definition) is 0. The quantitative estimate of drug-likeness (QED) is 0.496. The fourth-order valence-corrected chi connectivity index (χ4v) is 3.44. The summed E-state index contributed by atoms with van der Waals surface area (Å²) >= 11 is 0. The summed E-state index contributed by atoms with van der Waals surface area (Å²) in [4.78, 5) is 11.1. The van der Waals surface area contributed by atoms with Crippen LogP contribution in [0, 0.1) is 5.92 Å². The second-order valence-electron chi connectivity index (χ2n) is 5.96. The zero-order chi connectivity index (χ0) is 13.5. The third kappa shape index (κ3) is 3.92. The van der Waals surface area contributed by atoms with Crippen molar-refractivity contribution in [2.24, 2.45) is 5.92 Å². The van der Waals surface area contributed by atoms with E-state index in [1.807, 2.05) is 12.1 Å². The lowest BCUT2D eigenvalue weighted by atomic mass is 9.76. The average molecular weight is 258 g/mol. The summed E-state index contributed by atoms with van der Waals surface area (Å²) in [6, 6.07) is 8.13. The minimum absolute atomic E-state index is 0.615. The van der Waals surface area contributed by atoms with Crippen LogP contribution in [0.2, 0.25) is 0 Å². The smallest absolute Gasteiger partial charge is 0.150 e. The fraction of sp³-hybridized carbons (Fsp3) is 0.611. The normalized spacial score (nSPS) is 23.2. The van der Waals surface area contributed by atoms with E-state index in [1.54, 1.807) is 0 Å². The lowest BCUT2D eigenvalue weighted by Crippen LogP contribution is -2.14. The molecule has 1 saturated carbocycles. The molecule has 0 heterocycles. The molecule has 1 aliphatic carbocycles. The summed E-state index contributed by atoms with van der Waals surface area (Å²) in [6.07, 6.45) is 11.8. The van der Waals surface area contributed by atoms with Gasteiger partial charge in [-0.15, -0.1) is 0 Å². The molecule has 1 aromatic rings. The lowest BCUT2D eigenvalue weighted by molar-refractivity contribution is 0.112. The van der Waals surface area contributed by atoms with Gasteiger partial charge in [0.2, 0.25) is 0 Å². The molecule has 104 valence electrons. The topological polar surface area (TPSA) is 17.1 Å². The maximum Gasteiger partial charge on any atom is 0.150 e. The summed E-state index contributed by atoms with van der Waals surface area (Å²) < 4.78 is 0. The maximum atomic E-state index is 11.1. The van der Waals surface area contributed by atoms with E-state index in [0.717, 1.165) is 17.8 Å². The Hall–Kier alpha value is -1.11. The zero-order valence-corrected chi connectivity index (χ0v) is 12.1. The van der Waals surface area contributed by atoms with E-state index in [2.05, 4.69) is 19.1 Å². The van der Waals surface area contributed by atoms with Gasteiger partial charge in [0.05, 0.1) is 0 Å². The Kier molecular flexibility index (Phi) is 5.62. The summed E-state index contributed by atoms with van der Waals surface area (Å²) in [5.41, 5.74) is 2.18. The Morgan fingerprint density at radius 3 is 2.53 bits per heavy atom. The molecule has 1 nitrogen and oxygen atoms in total. The fourth-order valence-electron chi connectivity index (χ4n) is 3.44. The van der Waals surface area contributed by atoms with Crippen LogP contribution in [0.25, 0.3) is 0 Å². The van der Waals surface area contributed by atoms with Crippen LogP contribution >= 0.6 is 0 Å².